The summed E-state index contributed by atoms with van der Waals surface area (Å²) >= 11 is 0. The lowest BCUT2D eigenvalue weighted by Gasteiger charge is -2.40. The third-order valence-electron chi connectivity index (χ3n) is 7.86. The first kappa shape index (κ1) is 29.9. The van der Waals surface area contributed by atoms with Gasteiger partial charge in [0.2, 0.25) is 11.8 Å². The summed E-state index contributed by atoms with van der Waals surface area (Å²) in [7, 11) is 1.62. The third-order valence-corrected chi connectivity index (χ3v) is 7.86. The molecular formula is C36H40N4O3. The molecule has 0 unspecified atom stereocenters. The van der Waals surface area contributed by atoms with Gasteiger partial charge in [0.15, 0.2) is 0 Å². The maximum absolute atomic E-state index is 12.5. The van der Waals surface area contributed by atoms with Crippen LogP contribution in [0.4, 0.5) is 11.4 Å². The molecule has 7 heteroatoms. The Labute approximate surface area is 254 Å². The summed E-state index contributed by atoms with van der Waals surface area (Å²) in [5, 5.41) is 5.87. The van der Waals surface area contributed by atoms with E-state index < -0.39 is 0 Å². The second-order valence-electron chi connectivity index (χ2n) is 10.8. The maximum atomic E-state index is 12.5. The van der Waals surface area contributed by atoms with Crippen molar-refractivity contribution in [3.8, 4) is 5.75 Å². The SMILES string of the molecule is COc1cccc(CNC(=O)CCCC(=O)Nc2ccc(N3CCN(C(c4ccccc4)c4ccccc4)CC3)cc2)c1. The summed E-state index contributed by atoms with van der Waals surface area (Å²) in [4.78, 5) is 29.7. The predicted molar refractivity (Wildman–Crippen MR) is 172 cm³/mol. The molecule has 4 aromatic rings. The number of benzene rings is 4. The number of amides is 2. The van der Waals surface area contributed by atoms with Crippen LogP contribution in [0.25, 0.3) is 0 Å². The van der Waals surface area contributed by atoms with Crippen molar-refractivity contribution in [2.75, 3.05) is 43.5 Å². The Morgan fingerprint density at radius 1 is 0.744 bits per heavy atom. The molecule has 4 aromatic carbocycles. The quantitative estimate of drug-likeness (QED) is 0.215. The van der Waals surface area contributed by atoms with Crippen LogP contribution in [0, 0.1) is 0 Å². The summed E-state index contributed by atoms with van der Waals surface area (Å²) in [6, 6.07) is 37.4. The Bertz CT molecular complexity index is 1410. The molecule has 0 atom stereocenters. The van der Waals surface area contributed by atoms with Crippen LogP contribution < -0.4 is 20.3 Å². The number of hydrogen-bond donors (Lipinski definition) is 2. The van der Waals surface area contributed by atoms with Gasteiger partial charge in [-0.2, -0.15) is 0 Å². The van der Waals surface area contributed by atoms with E-state index in [-0.39, 0.29) is 17.9 Å². The van der Waals surface area contributed by atoms with Gasteiger partial charge in [0.25, 0.3) is 0 Å². The van der Waals surface area contributed by atoms with E-state index in [1.807, 2.05) is 36.4 Å². The average Bonchev–Trinajstić information content (AvgIpc) is 3.06. The van der Waals surface area contributed by atoms with Gasteiger partial charge in [-0.25, -0.2) is 0 Å². The molecule has 43 heavy (non-hydrogen) atoms. The first-order valence-electron chi connectivity index (χ1n) is 15.0. The maximum Gasteiger partial charge on any atom is 0.224 e. The largest absolute Gasteiger partial charge is 0.497 e. The molecule has 1 fully saturated rings. The van der Waals surface area contributed by atoms with Crippen LogP contribution >= 0.6 is 0 Å². The number of anilines is 2. The monoisotopic (exact) mass is 576 g/mol. The molecule has 0 spiro atoms. The second kappa shape index (κ2) is 15.0. The van der Waals surface area contributed by atoms with Crippen molar-refractivity contribution in [1.29, 1.82) is 0 Å². The van der Waals surface area contributed by atoms with Crippen molar-refractivity contribution in [1.82, 2.24) is 10.2 Å². The van der Waals surface area contributed by atoms with Crippen LogP contribution in [0.2, 0.25) is 0 Å². The van der Waals surface area contributed by atoms with Crippen molar-refractivity contribution < 1.29 is 14.3 Å². The molecule has 0 radical (unpaired) electrons. The lowest BCUT2D eigenvalue weighted by atomic mass is 9.96. The average molecular weight is 577 g/mol. The number of methoxy groups -OCH3 is 1. The Balaban J connectivity index is 1.06. The molecule has 0 bridgehead atoms. The summed E-state index contributed by atoms with van der Waals surface area (Å²) in [5.41, 5.74) is 5.52. The molecule has 5 rings (SSSR count). The number of hydrogen-bond acceptors (Lipinski definition) is 5. The fourth-order valence-electron chi connectivity index (χ4n) is 5.58. The minimum atomic E-state index is -0.0881. The van der Waals surface area contributed by atoms with E-state index in [1.165, 1.54) is 11.1 Å². The van der Waals surface area contributed by atoms with Gasteiger partial charge in [0, 0.05) is 56.9 Å². The van der Waals surface area contributed by atoms with Crippen LogP contribution in [-0.4, -0.2) is 50.0 Å². The molecule has 1 heterocycles. The molecule has 1 aliphatic rings. The first-order valence-corrected chi connectivity index (χ1v) is 15.0. The van der Waals surface area contributed by atoms with Crippen LogP contribution in [0.5, 0.6) is 5.75 Å². The van der Waals surface area contributed by atoms with Crippen LogP contribution in [0.15, 0.2) is 109 Å². The molecule has 1 aliphatic heterocycles. The van der Waals surface area contributed by atoms with Crippen molar-refractivity contribution in [3.63, 3.8) is 0 Å². The molecule has 1 saturated heterocycles. The van der Waals surface area contributed by atoms with Gasteiger partial charge in [-0.15, -0.1) is 0 Å². The van der Waals surface area contributed by atoms with Gasteiger partial charge in [-0.3, -0.25) is 14.5 Å². The number of nitrogens with zero attached hydrogens (tertiary/aromatic N) is 2. The minimum Gasteiger partial charge on any atom is -0.497 e. The Hall–Kier alpha value is -4.62. The van der Waals surface area contributed by atoms with Crippen LogP contribution in [-0.2, 0) is 16.1 Å². The summed E-state index contributed by atoms with van der Waals surface area (Å²) in [6.07, 6.45) is 1.09. The summed E-state index contributed by atoms with van der Waals surface area (Å²) < 4.78 is 5.22. The Morgan fingerprint density at radius 2 is 1.37 bits per heavy atom. The lowest BCUT2D eigenvalue weighted by molar-refractivity contribution is -0.121. The van der Waals surface area contributed by atoms with Gasteiger partial charge in [0.1, 0.15) is 5.75 Å². The molecule has 2 N–H and O–H groups in total. The van der Waals surface area contributed by atoms with Crippen molar-refractivity contribution in [2.45, 2.75) is 31.8 Å². The number of rotatable bonds is 12. The molecule has 2 amide bonds. The van der Waals surface area contributed by atoms with Crippen LogP contribution in [0.3, 0.4) is 0 Å². The first-order chi connectivity index (χ1) is 21.1. The van der Waals surface area contributed by atoms with Crippen molar-refractivity contribution >= 4 is 23.2 Å². The lowest BCUT2D eigenvalue weighted by Crippen LogP contribution is -2.48. The molecule has 222 valence electrons. The third kappa shape index (κ3) is 8.46. The minimum absolute atomic E-state index is 0.0704. The molecule has 0 aliphatic carbocycles. The number of piperazine rings is 1. The van der Waals surface area contributed by atoms with E-state index in [4.69, 9.17) is 4.74 Å². The van der Waals surface area contributed by atoms with E-state index in [1.54, 1.807) is 7.11 Å². The molecular weight excluding hydrogens is 536 g/mol. The number of carbonyl (C=O) groups is 2. The highest BCUT2D eigenvalue weighted by Gasteiger charge is 2.26. The molecule has 0 aromatic heterocycles. The van der Waals surface area contributed by atoms with E-state index in [0.29, 0.717) is 25.8 Å². The Morgan fingerprint density at radius 3 is 2.00 bits per heavy atom. The summed E-state index contributed by atoms with van der Waals surface area (Å²) in [6.45, 7) is 4.22. The number of ether oxygens (including phenoxy) is 1. The fraction of sp³-hybridized carbons (Fsp3) is 0.278. The zero-order valence-corrected chi connectivity index (χ0v) is 24.7. The van der Waals surface area contributed by atoms with Gasteiger partial charge in [-0.05, 0) is 59.5 Å². The smallest absolute Gasteiger partial charge is 0.224 e. The molecule has 7 nitrogen and oxygen atoms in total. The number of carbonyl (C=O) groups excluding carboxylic acids is 2. The van der Waals surface area contributed by atoms with Gasteiger partial charge < -0.3 is 20.3 Å². The van der Waals surface area contributed by atoms with Crippen molar-refractivity contribution in [3.05, 3.63) is 126 Å². The van der Waals surface area contributed by atoms with Crippen LogP contribution in [0.1, 0.15) is 42.0 Å². The van der Waals surface area contributed by atoms with E-state index in [0.717, 1.165) is 48.9 Å². The predicted octanol–water partition coefficient (Wildman–Crippen LogP) is 6.03. The summed E-state index contributed by atoms with van der Waals surface area (Å²) in [5.74, 6) is 0.601. The highest BCUT2D eigenvalue weighted by Crippen LogP contribution is 2.30. The zero-order chi connectivity index (χ0) is 29.9. The fourth-order valence-corrected chi connectivity index (χ4v) is 5.58. The van der Waals surface area contributed by atoms with Gasteiger partial charge >= 0.3 is 0 Å². The zero-order valence-electron chi connectivity index (χ0n) is 24.7. The van der Waals surface area contributed by atoms with Crippen molar-refractivity contribution in [2.24, 2.45) is 0 Å². The highest BCUT2D eigenvalue weighted by atomic mass is 16.5. The molecule has 0 saturated carbocycles. The normalized spacial score (nSPS) is 13.5. The second-order valence-corrected chi connectivity index (χ2v) is 10.8. The van der Waals surface area contributed by atoms with Gasteiger partial charge in [-0.1, -0.05) is 72.8 Å². The Kier molecular flexibility index (Phi) is 10.4. The van der Waals surface area contributed by atoms with E-state index in [2.05, 4.69) is 93.2 Å². The van der Waals surface area contributed by atoms with E-state index in [9.17, 15) is 9.59 Å². The highest BCUT2D eigenvalue weighted by molar-refractivity contribution is 5.91. The van der Waals surface area contributed by atoms with E-state index >= 15 is 0 Å². The standard InChI is InChI=1S/C36H40N4O3/c1-43-33-15-8-10-28(26-33)27-37-34(41)16-9-17-35(42)38-31-18-20-32(21-19-31)39-22-24-40(25-23-39)36(29-11-4-2-5-12-29)30-13-6-3-7-14-30/h2-8,10-15,18-21,26,36H,9,16-17,22-25,27H2,1H3,(H,37,41)(H,38,42). The van der Waals surface area contributed by atoms with Gasteiger partial charge in [0.05, 0.1) is 13.2 Å². The number of nitrogens with one attached hydrogen (secondary N) is 2. The topological polar surface area (TPSA) is 73.9 Å².